The lowest BCUT2D eigenvalue weighted by molar-refractivity contribution is 0.0840. The molecule has 1 aromatic carbocycles. The van der Waals surface area contributed by atoms with Gasteiger partial charge in [-0.2, -0.15) is 0 Å². The molecule has 0 N–H and O–H groups in total. The molecule has 3 nitrogen and oxygen atoms in total. The van der Waals surface area contributed by atoms with E-state index in [9.17, 15) is 13.2 Å². The van der Waals surface area contributed by atoms with Crippen molar-refractivity contribution in [3.8, 4) is 5.75 Å². The number of nitrogens with zero attached hydrogens (tertiary/aromatic N) is 2. The molecule has 0 radical (unpaired) electrons. The van der Waals surface area contributed by atoms with E-state index in [4.69, 9.17) is 9.73 Å². The number of aromatic nitrogens is 1. The Balaban J connectivity index is 2.21. The molecule has 0 bridgehead atoms. The predicted octanol–water partition coefficient (Wildman–Crippen LogP) is 4.86. The van der Waals surface area contributed by atoms with Crippen LogP contribution in [0, 0.1) is 12.7 Å². The molecular weight excluding hydrogens is 329 g/mol. The quantitative estimate of drug-likeness (QED) is 0.776. The molecule has 0 amide bonds. The van der Waals surface area contributed by atoms with Crippen molar-refractivity contribution >= 4 is 5.71 Å². The Morgan fingerprint density at radius 2 is 1.96 bits per heavy atom. The van der Waals surface area contributed by atoms with E-state index in [1.807, 2.05) is 20.8 Å². The van der Waals surface area contributed by atoms with Gasteiger partial charge in [0.05, 0.1) is 11.8 Å². The standard InChI is InChI=1S/C19H19F3N2O/c1-10-8-12(9-23-15(10)18(21)22)16-13-6-5-7-14(20)17(13)25-19(3,4)11(2)24-16/h5-9,11,18H,1-4H3/t11-/m0/s1. The molecule has 1 aliphatic heterocycles. The molecule has 0 fully saturated rings. The zero-order valence-electron chi connectivity index (χ0n) is 14.5. The number of aryl methyl sites for hydroxylation is 1. The first kappa shape index (κ1) is 17.5. The van der Waals surface area contributed by atoms with Gasteiger partial charge >= 0.3 is 0 Å². The SMILES string of the molecule is Cc1cc(C2=N[C@@H](C)C(C)(C)Oc3c(F)cccc32)cnc1C(F)F. The molecule has 6 heteroatoms. The van der Waals surface area contributed by atoms with Crippen LogP contribution in [0.25, 0.3) is 0 Å². The molecular formula is C19H19F3N2O. The van der Waals surface area contributed by atoms with Crippen LogP contribution in [0.2, 0.25) is 0 Å². The van der Waals surface area contributed by atoms with Crippen molar-refractivity contribution in [1.82, 2.24) is 4.98 Å². The Morgan fingerprint density at radius 1 is 1.24 bits per heavy atom. The smallest absolute Gasteiger partial charge is 0.280 e. The highest BCUT2D eigenvalue weighted by Gasteiger charge is 2.34. The van der Waals surface area contributed by atoms with Crippen molar-refractivity contribution in [3.05, 3.63) is 58.7 Å². The first-order valence-corrected chi connectivity index (χ1v) is 8.01. The fraction of sp³-hybridized carbons (Fsp3) is 0.368. The van der Waals surface area contributed by atoms with E-state index in [1.54, 1.807) is 25.1 Å². The molecule has 1 aromatic heterocycles. The van der Waals surface area contributed by atoms with Crippen molar-refractivity contribution in [2.75, 3.05) is 0 Å². The summed E-state index contributed by atoms with van der Waals surface area (Å²) in [5, 5.41) is 0. The highest BCUT2D eigenvalue weighted by molar-refractivity contribution is 6.14. The van der Waals surface area contributed by atoms with Crippen LogP contribution in [-0.2, 0) is 0 Å². The maximum absolute atomic E-state index is 14.4. The molecule has 25 heavy (non-hydrogen) atoms. The van der Waals surface area contributed by atoms with E-state index in [1.165, 1.54) is 12.3 Å². The second-order valence-corrected chi connectivity index (χ2v) is 6.70. The maximum atomic E-state index is 14.4. The van der Waals surface area contributed by atoms with E-state index in [0.717, 1.165) is 0 Å². The molecule has 1 aliphatic rings. The summed E-state index contributed by atoms with van der Waals surface area (Å²) in [7, 11) is 0. The van der Waals surface area contributed by atoms with Gasteiger partial charge in [0.1, 0.15) is 11.3 Å². The van der Waals surface area contributed by atoms with Gasteiger partial charge in [0.25, 0.3) is 6.43 Å². The van der Waals surface area contributed by atoms with Crippen molar-refractivity contribution in [1.29, 1.82) is 0 Å². The molecule has 0 saturated carbocycles. The largest absolute Gasteiger partial charge is 0.482 e. The number of rotatable bonds is 2. The number of para-hydroxylation sites is 1. The normalized spacial score (nSPS) is 19.0. The van der Waals surface area contributed by atoms with Gasteiger partial charge in [-0.1, -0.05) is 6.07 Å². The van der Waals surface area contributed by atoms with Crippen molar-refractivity contribution in [2.45, 2.75) is 45.8 Å². The summed E-state index contributed by atoms with van der Waals surface area (Å²) in [6.07, 6.45) is -1.29. The molecule has 0 unspecified atom stereocenters. The summed E-state index contributed by atoms with van der Waals surface area (Å²) < 4.78 is 46.2. The van der Waals surface area contributed by atoms with Crippen molar-refractivity contribution < 1.29 is 17.9 Å². The first-order chi connectivity index (χ1) is 11.7. The second-order valence-electron chi connectivity index (χ2n) is 6.70. The van der Waals surface area contributed by atoms with Crippen LogP contribution in [0.15, 0.2) is 35.5 Å². The molecule has 0 aliphatic carbocycles. The second kappa shape index (κ2) is 6.17. The molecule has 2 heterocycles. The summed E-state index contributed by atoms with van der Waals surface area (Å²) in [5.74, 6) is -0.368. The van der Waals surface area contributed by atoms with Crippen molar-refractivity contribution in [3.63, 3.8) is 0 Å². The Labute approximate surface area is 144 Å². The average Bonchev–Trinajstić information content (AvgIpc) is 2.63. The minimum atomic E-state index is -2.64. The summed E-state index contributed by atoms with van der Waals surface area (Å²) in [6, 6.07) is 5.94. The van der Waals surface area contributed by atoms with Crippen molar-refractivity contribution in [2.24, 2.45) is 4.99 Å². The minimum absolute atomic E-state index is 0.117. The number of fused-ring (bicyclic) bond motifs is 1. The monoisotopic (exact) mass is 348 g/mol. The minimum Gasteiger partial charge on any atom is -0.482 e. The fourth-order valence-electron chi connectivity index (χ4n) is 2.74. The van der Waals surface area contributed by atoms with E-state index in [-0.39, 0.29) is 17.5 Å². The first-order valence-electron chi connectivity index (χ1n) is 8.01. The Hall–Kier alpha value is -2.37. The van der Waals surface area contributed by atoms with Gasteiger partial charge in [-0.25, -0.2) is 13.2 Å². The highest BCUT2D eigenvalue weighted by atomic mass is 19.3. The van der Waals surface area contributed by atoms with Gasteiger partial charge < -0.3 is 4.74 Å². The van der Waals surface area contributed by atoms with E-state index in [0.29, 0.717) is 22.4 Å². The number of ether oxygens (including phenoxy) is 1. The fourth-order valence-corrected chi connectivity index (χ4v) is 2.74. The van der Waals surface area contributed by atoms with Gasteiger partial charge in [-0.15, -0.1) is 0 Å². The number of halogens is 3. The van der Waals surface area contributed by atoms with E-state index >= 15 is 0 Å². The van der Waals surface area contributed by atoms with Crippen LogP contribution < -0.4 is 4.74 Å². The molecule has 0 spiro atoms. The average molecular weight is 348 g/mol. The van der Waals surface area contributed by atoms with Crippen LogP contribution in [0.1, 0.15) is 49.6 Å². The molecule has 0 saturated heterocycles. The third-order valence-electron chi connectivity index (χ3n) is 4.51. The molecule has 1 atom stereocenters. The topological polar surface area (TPSA) is 34.5 Å². The lowest BCUT2D eigenvalue weighted by Crippen LogP contribution is -2.38. The Bertz CT molecular complexity index is 847. The third kappa shape index (κ3) is 3.13. The molecule has 3 rings (SSSR count). The van der Waals surface area contributed by atoms with Crippen LogP contribution in [0.4, 0.5) is 13.2 Å². The summed E-state index contributed by atoms with van der Waals surface area (Å²) in [5.41, 5.74) is 0.922. The Kier molecular flexibility index (Phi) is 4.31. The highest BCUT2D eigenvalue weighted by Crippen LogP contribution is 2.35. The number of pyridine rings is 1. The predicted molar refractivity (Wildman–Crippen MR) is 90.1 cm³/mol. The van der Waals surface area contributed by atoms with Crippen LogP contribution in [-0.4, -0.2) is 22.3 Å². The van der Waals surface area contributed by atoms with Crippen LogP contribution >= 0.6 is 0 Å². The van der Waals surface area contributed by atoms with Crippen LogP contribution in [0.3, 0.4) is 0 Å². The number of hydrogen-bond acceptors (Lipinski definition) is 3. The van der Waals surface area contributed by atoms with Gasteiger partial charge in [0.15, 0.2) is 11.6 Å². The van der Waals surface area contributed by atoms with E-state index < -0.39 is 17.8 Å². The zero-order chi connectivity index (χ0) is 18.4. The number of hydrogen-bond donors (Lipinski definition) is 0. The summed E-state index contributed by atoms with van der Waals surface area (Å²) >= 11 is 0. The van der Waals surface area contributed by atoms with E-state index in [2.05, 4.69) is 4.98 Å². The lowest BCUT2D eigenvalue weighted by atomic mass is 9.99. The van der Waals surface area contributed by atoms with Gasteiger partial charge in [-0.3, -0.25) is 9.98 Å². The zero-order valence-corrected chi connectivity index (χ0v) is 14.5. The third-order valence-corrected chi connectivity index (χ3v) is 4.51. The van der Waals surface area contributed by atoms with Gasteiger partial charge in [0, 0.05) is 17.3 Å². The van der Waals surface area contributed by atoms with Gasteiger partial charge in [-0.05, 0) is 51.5 Å². The summed E-state index contributed by atoms with van der Waals surface area (Å²) in [4.78, 5) is 8.57. The summed E-state index contributed by atoms with van der Waals surface area (Å²) in [6.45, 7) is 7.12. The lowest BCUT2D eigenvalue weighted by Gasteiger charge is -2.28. The maximum Gasteiger partial charge on any atom is 0.280 e. The number of aliphatic imine (C=N–C) groups is 1. The molecule has 2 aromatic rings. The molecule has 132 valence electrons. The van der Waals surface area contributed by atoms with Crippen LogP contribution in [0.5, 0.6) is 5.75 Å². The van der Waals surface area contributed by atoms with Gasteiger partial charge in [0.2, 0.25) is 0 Å². The number of benzene rings is 1. The Morgan fingerprint density at radius 3 is 2.60 bits per heavy atom. The number of alkyl halides is 2.